The number of carbonyl (C=O) groups excluding carboxylic acids is 2. The Labute approximate surface area is 152 Å². The Morgan fingerprint density at radius 1 is 1.35 bits per heavy atom. The van der Waals surface area contributed by atoms with Crippen molar-refractivity contribution in [1.82, 2.24) is 19.4 Å². The third-order valence-corrected chi connectivity index (χ3v) is 4.76. The van der Waals surface area contributed by atoms with E-state index in [1.54, 1.807) is 24.3 Å². The minimum atomic E-state index is -0.417. The van der Waals surface area contributed by atoms with Crippen LogP contribution in [0.3, 0.4) is 0 Å². The highest BCUT2D eigenvalue weighted by molar-refractivity contribution is 5.95. The van der Waals surface area contributed by atoms with E-state index >= 15 is 0 Å². The molecule has 1 aliphatic heterocycles. The molecule has 138 valence electrons. The first-order valence-corrected chi connectivity index (χ1v) is 8.46. The summed E-state index contributed by atoms with van der Waals surface area (Å²) in [6.45, 7) is 1.89. The molecule has 2 aromatic heterocycles. The number of pyridine rings is 1. The summed E-state index contributed by atoms with van der Waals surface area (Å²) in [6.07, 6.45) is 5.96. The number of aromatic nitrogens is 3. The highest BCUT2D eigenvalue weighted by atomic mass is 16.5. The standard InChI is InChI=1S/C18H23N5O3/c1-11-9-13(18(26-4)20-10-11)21-17(25)12-5-6-14(24)23(3)15(12)16-19-7-8-22(16)2/h7-10,12,15H,5-6H2,1-4H3,(H,21,25)/t12-,15-/m0/s1. The average molecular weight is 357 g/mol. The second kappa shape index (κ2) is 7.15. The molecule has 8 heteroatoms. The molecule has 1 fully saturated rings. The van der Waals surface area contributed by atoms with Gasteiger partial charge in [0.1, 0.15) is 17.6 Å². The van der Waals surface area contributed by atoms with Gasteiger partial charge in [0.2, 0.25) is 17.7 Å². The van der Waals surface area contributed by atoms with Crippen molar-refractivity contribution in [3.05, 3.63) is 36.0 Å². The van der Waals surface area contributed by atoms with Crippen molar-refractivity contribution in [1.29, 1.82) is 0 Å². The van der Waals surface area contributed by atoms with Crippen LogP contribution >= 0.6 is 0 Å². The Morgan fingerprint density at radius 3 is 2.77 bits per heavy atom. The van der Waals surface area contributed by atoms with E-state index in [4.69, 9.17) is 4.74 Å². The monoisotopic (exact) mass is 357 g/mol. The van der Waals surface area contributed by atoms with Crippen LogP contribution in [0.5, 0.6) is 5.88 Å². The molecule has 0 unspecified atom stereocenters. The Bertz CT molecular complexity index is 832. The molecule has 8 nitrogen and oxygen atoms in total. The number of rotatable bonds is 4. The fraction of sp³-hybridized carbons (Fsp3) is 0.444. The normalized spacial score (nSPS) is 20.2. The zero-order valence-corrected chi connectivity index (χ0v) is 15.4. The maximum absolute atomic E-state index is 13.0. The number of carbonyl (C=O) groups is 2. The number of nitrogens with zero attached hydrogens (tertiary/aromatic N) is 4. The summed E-state index contributed by atoms with van der Waals surface area (Å²) in [5, 5.41) is 2.92. The fourth-order valence-electron chi connectivity index (χ4n) is 3.36. The van der Waals surface area contributed by atoms with E-state index in [1.165, 1.54) is 7.11 Å². The number of anilines is 1. The van der Waals surface area contributed by atoms with Crippen LogP contribution in [0, 0.1) is 12.8 Å². The van der Waals surface area contributed by atoms with Gasteiger partial charge in [0, 0.05) is 39.1 Å². The van der Waals surface area contributed by atoms with E-state index in [1.807, 2.05) is 30.8 Å². The molecule has 0 bridgehead atoms. The zero-order valence-electron chi connectivity index (χ0n) is 15.4. The fourth-order valence-corrected chi connectivity index (χ4v) is 3.36. The Balaban J connectivity index is 1.91. The van der Waals surface area contributed by atoms with Crippen molar-refractivity contribution >= 4 is 17.5 Å². The number of methoxy groups -OCH3 is 1. The van der Waals surface area contributed by atoms with Gasteiger partial charge in [-0.15, -0.1) is 0 Å². The topological polar surface area (TPSA) is 89.3 Å². The summed E-state index contributed by atoms with van der Waals surface area (Å²) in [5.41, 5.74) is 1.44. The van der Waals surface area contributed by atoms with Gasteiger partial charge in [0.25, 0.3) is 0 Å². The van der Waals surface area contributed by atoms with Crippen molar-refractivity contribution in [2.45, 2.75) is 25.8 Å². The van der Waals surface area contributed by atoms with Crippen LogP contribution in [0.1, 0.15) is 30.3 Å². The van der Waals surface area contributed by atoms with Gasteiger partial charge in [-0.25, -0.2) is 9.97 Å². The molecule has 3 heterocycles. The second-order valence-electron chi connectivity index (χ2n) is 6.55. The molecule has 2 aromatic rings. The third-order valence-electron chi connectivity index (χ3n) is 4.76. The summed E-state index contributed by atoms with van der Waals surface area (Å²) >= 11 is 0. The number of likely N-dealkylation sites (tertiary alicyclic amines) is 1. The predicted molar refractivity (Wildman–Crippen MR) is 95.6 cm³/mol. The molecule has 1 aliphatic rings. The lowest BCUT2D eigenvalue weighted by Gasteiger charge is -2.37. The summed E-state index contributed by atoms with van der Waals surface area (Å²) in [6, 6.07) is 1.40. The van der Waals surface area contributed by atoms with Crippen LogP contribution in [0.15, 0.2) is 24.7 Å². The van der Waals surface area contributed by atoms with Crippen LogP contribution in [-0.4, -0.2) is 45.4 Å². The zero-order chi connectivity index (χ0) is 18.8. The Kier molecular flexibility index (Phi) is 4.92. The van der Waals surface area contributed by atoms with Crippen molar-refractivity contribution in [3.8, 4) is 5.88 Å². The van der Waals surface area contributed by atoms with E-state index in [2.05, 4.69) is 15.3 Å². The maximum atomic E-state index is 13.0. The van der Waals surface area contributed by atoms with Crippen LogP contribution in [0.4, 0.5) is 5.69 Å². The number of ether oxygens (including phenoxy) is 1. The molecule has 1 saturated heterocycles. The maximum Gasteiger partial charge on any atom is 0.237 e. The van der Waals surface area contributed by atoms with Gasteiger partial charge in [0.15, 0.2) is 0 Å². The van der Waals surface area contributed by atoms with Crippen molar-refractivity contribution in [3.63, 3.8) is 0 Å². The van der Waals surface area contributed by atoms with E-state index in [0.717, 1.165) is 5.56 Å². The lowest BCUT2D eigenvalue weighted by molar-refractivity contribution is -0.140. The number of hydrogen-bond acceptors (Lipinski definition) is 5. The van der Waals surface area contributed by atoms with Crippen LogP contribution < -0.4 is 10.1 Å². The highest BCUT2D eigenvalue weighted by Crippen LogP contribution is 2.36. The van der Waals surface area contributed by atoms with Crippen LogP contribution in [0.2, 0.25) is 0 Å². The van der Waals surface area contributed by atoms with Gasteiger partial charge in [0.05, 0.1) is 13.0 Å². The molecule has 2 atom stereocenters. The van der Waals surface area contributed by atoms with Gasteiger partial charge >= 0.3 is 0 Å². The van der Waals surface area contributed by atoms with Gasteiger partial charge in [-0.2, -0.15) is 0 Å². The van der Waals surface area contributed by atoms with Crippen molar-refractivity contribution in [2.75, 3.05) is 19.5 Å². The highest BCUT2D eigenvalue weighted by Gasteiger charge is 2.41. The van der Waals surface area contributed by atoms with Crippen LogP contribution in [-0.2, 0) is 16.6 Å². The first-order valence-electron chi connectivity index (χ1n) is 8.46. The average Bonchev–Trinajstić information content (AvgIpc) is 3.03. The molecule has 0 aliphatic carbocycles. The van der Waals surface area contributed by atoms with Gasteiger partial charge in [-0.1, -0.05) is 0 Å². The first kappa shape index (κ1) is 17.9. The van der Waals surface area contributed by atoms with E-state index in [0.29, 0.717) is 30.2 Å². The molecular weight excluding hydrogens is 334 g/mol. The van der Waals surface area contributed by atoms with E-state index in [9.17, 15) is 9.59 Å². The molecular formula is C18H23N5O3. The van der Waals surface area contributed by atoms with E-state index < -0.39 is 12.0 Å². The molecule has 2 amide bonds. The number of aryl methyl sites for hydroxylation is 2. The van der Waals surface area contributed by atoms with Crippen molar-refractivity contribution < 1.29 is 14.3 Å². The number of amides is 2. The van der Waals surface area contributed by atoms with Gasteiger partial charge in [-0.3, -0.25) is 9.59 Å². The number of piperidine rings is 1. The largest absolute Gasteiger partial charge is 0.480 e. The smallest absolute Gasteiger partial charge is 0.237 e. The molecule has 0 spiro atoms. The second-order valence-corrected chi connectivity index (χ2v) is 6.55. The van der Waals surface area contributed by atoms with Crippen molar-refractivity contribution in [2.24, 2.45) is 13.0 Å². The number of imidazole rings is 1. The summed E-state index contributed by atoms with van der Waals surface area (Å²) in [5.74, 6) is 0.469. The molecule has 26 heavy (non-hydrogen) atoms. The van der Waals surface area contributed by atoms with Crippen LogP contribution in [0.25, 0.3) is 0 Å². The van der Waals surface area contributed by atoms with Gasteiger partial charge in [-0.05, 0) is 25.0 Å². The quantitative estimate of drug-likeness (QED) is 0.899. The molecule has 1 N–H and O–H groups in total. The molecule has 0 aromatic carbocycles. The first-order chi connectivity index (χ1) is 12.4. The Morgan fingerprint density at radius 2 is 2.12 bits per heavy atom. The molecule has 3 rings (SSSR count). The summed E-state index contributed by atoms with van der Waals surface area (Å²) < 4.78 is 7.08. The predicted octanol–water partition coefficient (Wildman–Crippen LogP) is 1.68. The van der Waals surface area contributed by atoms with Gasteiger partial charge < -0.3 is 19.5 Å². The number of hydrogen-bond donors (Lipinski definition) is 1. The van der Waals surface area contributed by atoms with E-state index in [-0.39, 0.29) is 11.8 Å². The minimum absolute atomic E-state index is 0.0110. The number of nitrogens with one attached hydrogen (secondary N) is 1. The molecule has 0 saturated carbocycles. The minimum Gasteiger partial charge on any atom is -0.480 e. The lowest BCUT2D eigenvalue weighted by Crippen LogP contribution is -2.45. The summed E-state index contributed by atoms with van der Waals surface area (Å²) in [4.78, 5) is 35.4. The third kappa shape index (κ3) is 3.26. The Hall–Kier alpha value is -2.90. The lowest BCUT2D eigenvalue weighted by atomic mass is 9.87. The summed E-state index contributed by atoms with van der Waals surface area (Å²) in [7, 11) is 5.09. The SMILES string of the molecule is COc1ncc(C)cc1NC(=O)[C@H]1CCC(=O)N(C)[C@@H]1c1nccn1C. The molecule has 0 radical (unpaired) electrons.